The molecule has 24 heavy (non-hydrogen) atoms. The van der Waals surface area contributed by atoms with E-state index in [4.69, 9.17) is 0 Å². The third-order valence-corrected chi connectivity index (χ3v) is 5.79. The molecular formula is C21H22N2O. The average molecular weight is 318 g/mol. The van der Waals surface area contributed by atoms with Gasteiger partial charge in [0.15, 0.2) is 0 Å². The van der Waals surface area contributed by atoms with E-state index in [0.29, 0.717) is 24.4 Å². The van der Waals surface area contributed by atoms with Crippen molar-refractivity contribution in [3.8, 4) is 11.1 Å². The number of carbonyl (C=O) groups is 1. The Hall–Kier alpha value is -2.13. The maximum absolute atomic E-state index is 11.8. The van der Waals surface area contributed by atoms with Gasteiger partial charge >= 0.3 is 0 Å². The predicted octanol–water partition coefficient (Wildman–Crippen LogP) is 3.40. The average Bonchev–Trinajstić information content (AvgIpc) is 3.41. The fraction of sp³-hybridized carbons (Fsp3) is 0.381. The van der Waals surface area contributed by atoms with Gasteiger partial charge in [-0.25, -0.2) is 0 Å². The van der Waals surface area contributed by atoms with E-state index < -0.39 is 0 Å². The largest absolute Gasteiger partial charge is 0.352 e. The molecular weight excluding hydrogens is 296 g/mol. The minimum absolute atomic E-state index is 0.220. The Morgan fingerprint density at radius 2 is 1.50 bits per heavy atom. The van der Waals surface area contributed by atoms with Crippen molar-refractivity contribution in [1.29, 1.82) is 0 Å². The molecule has 2 fully saturated rings. The second-order valence-corrected chi connectivity index (χ2v) is 7.35. The minimum atomic E-state index is 0.220. The Bertz CT molecular complexity index is 750. The summed E-state index contributed by atoms with van der Waals surface area (Å²) in [6.07, 6.45) is 4.08. The van der Waals surface area contributed by atoms with Crippen LogP contribution in [-0.2, 0) is 4.79 Å². The highest BCUT2D eigenvalue weighted by molar-refractivity contribution is 5.79. The lowest BCUT2D eigenvalue weighted by Crippen LogP contribution is -2.55. The molecule has 122 valence electrons. The molecule has 2 aromatic rings. The highest BCUT2D eigenvalue weighted by atomic mass is 16.1. The summed E-state index contributed by atoms with van der Waals surface area (Å²) in [7, 11) is 0. The summed E-state index contributed by atoms with van der Waals surface area (Å²) in [5.74, 6) is 0.885. The molecule has 1 saturated carbocycles. The predicted molar refractivity (Wildman–Crippen MR) is 94.5 cm³/mol. The van der Waals surface area contributed by atoms with Crippen molar-refractivity contribution in [2.45, 2.75) is 43.8 Å². The van der Waals surface area contributed by atoms with Gasteiger partial charge in [-0.15, -0.1) is 0 Å². The first-order chi connectivity index (χ1) is 11.8. The van der Waals surface area contributed by atoms with Gasteiger partial charge in [-0.05, 0) is 47.4 Å². The smallest absolute Gasteiger partial charge is 0.220 e. The van der Waals surface area contributed by atoms with Crippen LogP contribution in [0.2, 0.25) is 0 Å². The molecule has 2 aliphatic carbocycles. The first kappa shape index (κ1) is 14.2. The van der Waals surface area contributed by atoms with Gasteiger partial charge in [0, 0.05) is 18.5 Å². The number of hydrogen-bond donors (Lipinski definition) is 2. The molecule has 1 saturated heterocycles. The quantitative estimate of drug-likeness (QED) is 0.910. The molecule has 5 rings (SSSR count). The van der Waals surface area contributed by atoms with Gasteiger partial charge in [0.25, 0.3) is 0 Å². The Labute approximate surface area is 142 Å². The molecule has 1 heterocycles. The van der Waals surface area contributed by atoms with Gasteiger partial charge in [-0.3, -0.25) is 4.79 Å². The maximum atomic E-state index is 11.8. The van der Waals surface area contributed by atoms with Crippen molar-refractivity contribution in [2.24, 2.45) is 5.92 Å². The van der Waals surface area contributed by atoms with Crippen LogP contribution < -0.4 is 10.6 Å². The number of benzene rings is 2. The topological polar surface area (TPSA) is 41.1 Å². The molecule has 1 aliphatic heterocycles. The zero-order valence-electron chi connectivity index (χ0n) is 13.7. The van der Waals surface area contributed by atoms with Crippen molar-refractivity contribution in [3.05, 3.63) is 59.7 Å². The summed E-state index contributed by atoms with van der Waals surface area (Å²) < 4.78 is 0. The van der Waals surface area contributed by atoms with Crippen LogP contribution >= 0.6 is 0 Å². The molecule has 2 atom stereocenters. The number of nitrogens with one attached hydrogen (secondary N) is 2. The molecule has 0 radical (unpaired) electrons. The number of rotatable bonds is 3. The zero-order valence-corrected chi connectivity index (χ0v) is 13.7. The van der Waals surface area contributed by atoms with E-state index in [2.05, 4.69) is 59.2 Å². The summed E-state index contributed by atoms with van der Waals surface area (Å²) in [5, 5.41) is 7.16. The van der Waals surface area contributed by atoms with Crippen LogP contribution in [0.1, 0.15) is 42.9 Å². The Balaban J connectivity index is 1.49. The highest BCUT2D eigenvalue weighted by Gasteiger charge is 2.41. The molecule has 0 unspecified atom stereocenters. The van der Waals surface area contributed by atoms with Crippen molar-refractivity contribution < 1.29 is 4.79 Å². The lowest BCUT2D eigenvalue weighted by molar-refractivity contribution is -0.124. The van der Waals surface area contributed by atoms with E-state index in [9.17, 15) is 4.79 Å². The normalized spacial score (nSPS) is 25.9. The molecule has 3 heteroatoms. The van der Waals surface area contributed by atoms with Gasteiger partial charge in [-0.2, -0.15) is 0 Å². The molecule has 3 aliphatic rings. The zero-order chi connectivity index (χ0) is 16.1. The molecule has 1 amide bonds. The third kappa shape index (κ3) is 2.27. The van der Waals surface area contributed by atoms with Crippen LogP contribution in [0.5, 0.6) is 0 Å². The van der Waals surface area contributed by atoms with Crippen LogP contribution in [0.25, 0.3) is 11.1 Å². The van der Waals surface area contributed by atoms with Gasteiger partial charge in [0.05, 0.1) is 6.04 Å². The van der Waals surface area contributed by atoms with Gasteiger partial charge in [-0.1, -0.05) is 48.5 Å². The summed E-state index contributed by atoms with van der Waals surface area (Å²) in [6.45, 7) is 0. The first-order valence-corrected chi connectivity index (χ1v) is 9.05. The lowest BCUT2D eigenvalue weighted by atomic mass is 9.92. The third-order valence-electron chi connectivity index (χ3n) is 5.79. The SMILES string of the molecule is O=C1CC[C@H](NC2c3ccccc3-c3ccccc32)[C@@H](C2CC2)N1. The van der Waals surface area contributed by atoms with Crippen molar-refractivity contribution in [3.63, 3.8) is 0 Å². The second kappa shape index (κ2) is 5.45. The van der Waals surface area contributed by atoms with Crippen LogP contribution in [0.15, 0.2) is 48.5 Å². The van der Waals surface area contributed by atoms with Crippen molar-refractivity contribution >= 4 is 5.91 Å². The molecule has 2 aromatic carbocycles. The molecule has 0 aromatic heterocycles. The van der Waals surface area contributed by atoms with Crippen LogP contribution in [0.4, 0.5) is 0 Å². The van der Waals surface area contributed by atoms with E-state index >= 15 is 0 Å². The van der Waals surface area contributed by atoms with Crippen LogP contribution in [0, 0.1) is 5.92 Å². The minimum Gasteiger partial charge on any atom is -0.352 e. The molecule has 0 bridgehead atoms. The van der Waals surface area contributed by atoms with E-state index in [1.807, 2.05) is 0 Å². The Morgan fingerprint density at radius 1 is 0.875 bits per heavy atom. The molecule has 2 N–H and O–H groups in total. The maximum Gasteiger partial charge on any atom is 0.220 e. The second-order valence-electron chi connectivity index (χ2n) is 7.35. The van der Waals surface area contributed by atoms with E-state index in [1.54, 1.807) is 0 Å². The number of piperidine rings is 1. The Kier molecular flexibility index (Phi) is 3.23. The van der Waals surface area contributed by atoms with Crippen LogP contribution in [0.3, 0.4) is 0 Å². The van der Waals surface area contributed by atoms with E-state index in [1.165, 1.54) is 35.1 Å². The van der Waals surface area contributed by atoms with Crippen molar-refractivity contribution in [2.75, 3.05) is 0 Å². The van der Waals surface area contributed by atoms with E-state index in [0.717, 1.165) is 6.42 Å². The van der Waals surface area contributed by atoms with Crippen molar-refractivity contribution in [1.82, 2.24) is 10.6 Å². The molecule has 0 spiro atoms. The summed E-state index contributed by atoms with van der Waals surface area (Å²) >= 11 is 0. The fourth-order valence-electron chi connectivity index (χ4n) is 4.46. The standard InChI is InChI=1S/C21H22N2O/c24-19-12-11-18(20(23-19)13-9-10-13)22-21-16-7-3-1-5-14(16)15-6-2-4-8-17(15)21/h1-8,13,18,20-22H,9-12H2,(H,23,24)/t18-,20+/m0/s1. The van der Waals surface area contributed by atoms with Gasteiger partial charge in [0.2, 0.25) is 5.91 Å². The number of hydrogen-bond acceptors (Lipinski definition) is 2. The van der Waals surface area contributed by atoms with E-state index in [-0.39, 0.29) is 11.9 Å². The van der Waals surface area contributed by atoms with Gasteiger partial charge in [0.1, 0.15) is 0 Å². The highest BCUT2D eigenvalue weighted by Crippen LogP contribution is 2.44. The number of fused-ring (bicyclic) bond motifs is 3. The first-order valence-electron chi connectivity index (χ1n) is 9.05. The fourth-order valence-corrected chi connectivity index (χ4v) is 4.46. The number of carbonyl (C=O) groups excluding carboxylic acids is 1. The molecule has 3 nitrogen and oxygen atoms in total. The van der Waals surface area contributed by atoms with Gasteiger partial charge < -0.3 is 10.6 Å². The summed E-state index contributed by atoms with van der Waals surface area (Å²) in [6, 6.07) is 18.3. The summed E-state index contributed by atoms with van der Waals surface area (Å²) in [4.78, 5) is 11.8. The van der Waals surface area contributed by atoms with Crippen LogP contribution in [-0.4, -0.2) is 18.0 Å². The summed E-state index contributed by atoms with van der Waals surface area (Å²) in [5.41, 5.74) is 5.41. The lowest BCUT2D eigenvalue weighted by Gasteiger charge is -2.35. The number of amides is 1. The monoisotopic (exact) mass is 318 g/mol. The Morgan fingerprint density at radius 3 is 2.12 bits per heavy atom.